The van der Waals surface area contributed by atoms with Gasteiger partial charge >= 0.3 is 6.18 Å². The van der Waals surface area contributed by atoms with Gasteiger partial charge in [0.15, 0.2) is 0 Å². The largest absolute Gasteiger partial charge is 0.467 e. The smallest absolute Gasteiger partial charge is 0.419 e. The highest BCUT2D eigenvalue weighted by atomic mass is 19.4. The van der Waals surface area contributed by atoms with E-state index in [0.717, 1.165) is 18.2 Å². The Balaban J connectivity index is 1.35. The first-order chi connectivity index (χ1) is 15.3. The molecule has 0 spiro atoms. The number of halogens is 3. The topological polar surface area (TPSA) is 70.4 Å². The molecule has 1 aromatic carbocycles. The molecule has 0 saturated carbocycles. The van der Waals surface area contributed by atoms with Crippen LogP contribution in [0.1, 0.15) is 34.2 Å². The van der Waals surface area contributed by atoms with Gasteiger partial charge in [-0.05, 0) is 43.2 Å². The minimum Gasteiger partial charge on any atom is -0.467 e. The molecule has 3 heterocycles. The van der Waals surface area contributed by atoms with Crippen LogP contribution in [0.4, 0.5) is 24.7 Å². The number of nitrogens with zero attached hydrogens (tertiary/aromatic N) is 2. The highest BCUT2D eigenvalue weighted by Gasteiger charge is 2.34. The van der Waals surface area contributed by atoms with E-state index in [9.17, 15) is 18.0 Å². The van der Waals surface area contributed by atoms with Gasteiger partial charge in [-0.3, -0.25) is 4.79 Å². The van der Waals surface area contributed by atoms with Crippen molar-refractivity contribution in [1.29, 1.82) is 0 Å². The quantitative estimate of drug-likeness (QED) is 0.526. The van der Waals surface area contributed by atoms with Gasteiger partial charge in [-0.1, -0.05) is 18.2 Å². The van der Waals surface area contributed by atoms with Gasteiger partial charge in [0.05, 0.1) is 23.9 Å². The number of hydrogen-bond donors (Lipinski definition) is 2. The zero-order valence-electron chi connectivity index (χ0n) is 17.4. The Labute approximate surface area is 183 Å². The number of alkyl halides is 3. The van der Waals surface area contributed by atoms with Crippen LogP contribution in [-0.4, -0.2) is 30.0 Å². The number of benzene rings is 1. The maximum atomic E-state index is 13.0. The lowest BCUT2D eigenvalue weighted by Crippen LogP contribution is -2.32. The Morgan fingerprint density at radius 1 is 1.19 bits per heavy atom. The van der Waals surface area contributed by atoms with Gasteiger partial charge in [0.2, 0.25) is 0 Å². The number of para-hydroxylation sites is 1. The van der Waals surface area contributed by atoms with E-state index >= 15 is 0 Å². The molecule has 1 amide bonds. The zero-order valence-corrected chi connectivity index (χ0v) is 17.4. The summed E-state index contributed by atoms with van der Waals surface area (Å²) in [5.41, 5.74) is 1.96. The third-order valence-electron chi connectivity index (χ3n) is 5.47. The maximum Gasteiger partial charge on any atom is 0.419 e. The predicted molar refractivity (Wildman–Crippen MR) is 115 cm³/mol. The number of aromatic nitrogens is 1. The summed E-state index contributed by atoms with van der Waals surface area (Å²) < 4.78 is 44.7. The highest BCUT2D eigenvalue weighted by Crippen LogP contribution is 2.34. The second-order valence-corrected chi connectivity index (χ2v) is 7.65. The summed E-state index contributed by atoms with van der Waals surface area (Å²) in [6, 6.07) is 12.2. The SMILES string of the molecule is CC1Cc2ccccc2N1Cc1occc1C(=O)NCCNc1ncccc1C(F)(F)F. The van der Waals surface area contributed by atoms with Gasteiger partial charge in [-0.2, -0.15) is 13.2 Å². The average molecular weight is 444 g/mol. The lowest BCUT2D eigenvalue weighted by atomic mass is 10.1. The number of carbonyl (C=O) groups is 1. The molecule has 3 aromatic rings. The monoisotopic (exact) mass is 444 g/mol. The first kappa shape index (κ1) is 21.7. The van der Waals surface area contributed by atoms with Crippen molar-refractivity contribution in [3.8, 4) is 0 Å². The number of nitrogens with one attached hydrogen (secondary N) is 2. The molecule has 1 unspecified atom stereocenters. The Morgan fingerprint density at radius 2 is 2.00 bits per heavy atom. The number of pyridine rings is 1. The molecule has 0 aliphatic carbocycles. The Kier molecular flexibility index (Phi) is 6.07. The first-order valence-corrected chi connectivity index (χ1v) is 10.3. The normalized spacial score (nSPS) is 15.5. The number of anilines is 2. The van der Waals surface area contributed by atoms with Crippen LogP contribution < -0.4 is 15.5 Å². The van der Waals surface area contributed by atoms with Crippen LogP contribution in [0.2, 0.25) is 0 Å². The first-order valence-electron chi connectivity index (χ1n) is 10.3. The number of furan rings is 1. The van der Waals surface area contributed by atoms with E-state index in [0.29, 0.717) is 17.9 Å². The highest BCUT2D eigenvalue weighted by molar-refractivity contribution is 5.95. The van der Waals surface area contributed by atoms with E-state index in [1.165, 1.54) is 24.1 Å². The summed E-state index contributed by atoms with van der Waals surface area (Å²) >= 11 is 0. The Bertz CT molecular complexity index is 1100. The van der Waals surface area contributed by atoms with E-state index < -0.39 is 11.7 Å². The summed E-state index contributed by atoms with van der Waals surface area (Å²) in [4.78, 5) is 18.6. The molecule has 0 saturated heterocycles. The molecule has 2 N–H and O–H groups in total. The molecule has 2 aromatic heterocycles. The summed E-state index contributed by atoms with van der Waals surface area (Å²) in [5.74, 6) is -0.0595. The fourth-order valence-corrected chi connectivity index (χ4v) is 3.92. The molecule has 4 rings (SSSR count). The Morgan fingerprint density at radius 3 is 2.81 bits per heavy atom. The van der Waals surface area contributed by atoms with Crippen LogP contribution in [0.25, 0.3) is 0 Å². The van der Waals surface area contributed by atoms with Crippen molar-refractivity contribution in [2.24, 2.45) is 0 Å². The summed E-state index contributed by atoms with van der Waals surface area (Å²) in [7, 11) is 0. The molecule has 0 radical (unpaired) electrons. The van der Waals surface area contributed by atoms with Crippen molar-refractivity contribution < 1.29 is 22.4 Å². The fraction of sp³-hybridized carbons (Fsp3) is 0.304. The molecule has 6 nitrogen and oxygen atoms in total. The number of carbonyl (C=O) groups excluding carboxylic acids is 1. The number of rotatable bonds is 7. The third-order valence-corrected chi connectivity index (χ3v) is 5.47. The molecule has 1 aliphatic heterocycles. The summed E-state index contributed by atoms with van der Waals surface area (Å²) in [5, 5.41) is 5.35. The van der Waals surface area contributed by atoms with Crippen molar-refractivity contribution in [1.82, 2.24) is 10.3 Å². The maximum absolute atomic E-state index is 13.0. The zero-order chi connectivity index (χ0) is 22.7. The van der Waals surface area contributed by atoms with Crippen LogP contribution in [0, 0.1) is 0 Å². The molecular formula is C23H23F3N4O2. The second-order valence-electron chi connectivity index (χ2n) is 7.65. The minimum atomic E-state index is -4.50. The van der Waals surface area contributed by atoms with Gasteiger partial charge < -0.3 is 20.0 Å². The molecule has 0 fully saturated rings. The average Bonchev–Trinajstić information content (AvgIpc) is 3.35. The molecular weight excluding hydrogens is 421 g/mol. The van der Waals surface area contributed by atoms with Gasteiger partial charge in [-0.25, -0.2) is 4.98 Å². The molecule has 1 atom stereocenters. The molecule has 168 valence electrons. The van der Waals surface area contributed by atoms with Crippen LogP contribution in [0.3, 0.4) is 0 Å². The van der Waals surface area contributed by atoms with Gasteiger partial charge in [0, 0.05) is 31.0 Å². The lowest BCUT2D eigenvalue weighted by Gasteiger charge is -2.24. The number of fused-ring (bicyclic) bond motifs is 1. The molecule has 1 aliphatic rings. The second kappa shape index (κ2) is 8.94. The van der Waals surface area contributed by atoms with Crippen molar-refractivity contribution in [2.45, 2.75) is 32.1 Å². The lowest BCUT2D eigenvalue weighted by molar-refractivity contribution is -0.137. The number of amides is 1. The molecule has 0 bridgehead atoms. The van der Waals surface area contributed by atoms with Crippen LogP contribution in [-0.2, 0) is 19.1 Å². The van der Waals surface area contributed by atoms with Crippen LogP contribution >= 0.6 is 0 Å². The number of hydrogen-bond acceptors (Lipinski definition) is 5. The van der Waals surface area contributed by atoms with Crippen LogP contribution in [0.5, 0.6) is 0 Å². The van der Waals surface area contributed by atoms with Gasteiger partial charge in [0.1, 0.15) is 11.6 Å². The van der Waals surface area contributed by atoms with Crippen LogP contribution in [0.15, 0.2) is 59.3 Å². The summed E-state index contributed by atoms with van der Waals surface area (Å²) in [6.45, 7) is 2.80. The van der Waals surface area contributed by atoms with Crippen molar-refractivity contribution in [3.05, 3.63) is 77.4 Å². The van der Waals surface area contributed by atoms with E-state index in [1.54, 1.807) is 6.07 Å². The Hall–Kier alpha value is -3.49. The van der Waals surface area contributed by atoms with Gasteiger partial charge in [0.25, 0.3) is 5.91 Å². The van der Waals surface area contributed by atoms with Crippen molar-refractivity contribution in [2.75, 3.05) is 23.3 Å². The molecule has 32 heavy (non-hydrogen) atoms. The van der Waals surface area contributed by atoms with Crippen molar-refractivity contribution in [3.63, 3.8) is 0 Å². The predicted octanol–water partition coefficient (Wildman–Crippen LogP) is 4.49. The molecule has 9 heteroatoms. The summed E-state index contributed by atoms with van der Waals surface area (Å²) in [6.07, 6.45) is -0.821. The minimum absolute atomic E-state index is 0.0928. The van der Waals surface area contributed by atoms with E-state index in [4.69, 9.17) is 4.42 Å². The standard InChI is InChI=1S/C23H23F3N4O2/c1-15-13-16-5-2-3-7-19(16)30(15)14-20-17(8-12-32-20)22(31)29-11-10-28-21-18(23(24,25)26)6-4-9-27-21/h2-9,12,15H,10-11,13-14H2,1H3,(H,27,28)(H,29,31). The van der Waals surface area contributed by atoms with E-state index in [-0.39, 0.29) is 30.9 Å². The van der Waals surface area contributed by atoms with E-state index in [2.05, 4.69) is 39.6 Å². The third kappa shape index (κ3) is 4.56. The fourth-order valence-electron chi connectivity index (χ4n) is 3.92. The van der Waals surface area contributed by atoms with Gasteiger partial charge in [-0.15, -0.1) is 0 Å². The van der Waals surface area contributed by atoms with Crippen molar-refractivity contribution >= 4 is 17.4 Å². The van der Waals surface area contributed by atoms with E-state index in [1.807, 2.05) is 12.1 Å².